The van der Waals surface area contributed by atoms with Gasteiger partial charge in [-0.25, -0.2) is 9.97 Å². The summed E-state index contributed by atoms with van der Waals surface area (Å²) in [6.45, 7) is 5.60. The largest absolute Gasteiger partial charge is 0.489 e. The standard InChI is InChI=1S/C19H24N4O2/c1-14(2)25-17-9-5-4-8-16(17)22-19-20-12-15(13-21-19)18(24)23-10-6-3-7-11-23/h4-5,8-9,12-14H,3,6-7,10-11H2,1-2H3,(H,20,21,22). The third-order valence-corrected chi connectivity index (χ3v) is 4.04. The van der Waals surface area contributed by atoms with Crippen LogP contribution in [0, 0.1) is 0 Å². The first-order valence-corrected chi connectivity index (χ1v) is 8.77. The molecule has 1 N–H and O–H groups in total. The van der Waals surface area contributed by atoms with Gasteiger partial charge in [-0.15, -0.1) is 0 Å². The average molecular weight is 340 g/mol. The van der Waals surface area contributed by atoms with E-state index in [1.165, 1.54) is 6.42 Å². The van der Waals surface area contributed by atoms with Gasteiger partial charge in [-0.2, -0.15) is 0 Å². The lowest BCUT2D eigenvalue weighted by Gasteiger charge is -2.26. The van der Waals surface area contributed by atoms with E-state index in [1.807, 2.05) is 43.0 Å². The number of piperidine rings is 1. The van der Waals surface area contributed by atoms with Crippen LogP contribution in [0.3, 0.4) is 0 Å². The first-order valence-electron chi connectivity index (χ1n) is 8.77. The summed E-state index contributed by atoms with van der Waals surface area (Å²) in [5.74, 6) is 1.19. The summed E-state index contributed by atoms with van der Waals surface area (Å²) >= 11 is 0. The maximum absolute atomic E-state index is 12.5. The number of nitrogens with one attached hydrogen (secondary N) is 1. The Morgan fingerprint density at radius 3 is 2.48 bits per heavy atom. The van der Waals surface area contributed by atoms with E-state index in [4.69, 9.17) is 4.74 Å². The zero-order valence-electron chi connectivity index (χ0n) is 14.7. The highest BCUT2D eigenvalue weighted by Gasteiger charge is 2.18. The molecular formula is C19H24N4O2. The number of aromatic nitrogens is 2. The van der Waals surface area contributed by atoms with Crippen molar-refractivity contribution in [1.29, 1.82) is 0 Å². The SMILES string of the molecule is CC(C)Oc1ccccc1Nc1ncc(C(=O)N2CCCCC2)cn1. The van der Waals surface area contributed by atoms with Crippen molar-refractivity contribution in [2.45, 2.75) is 39.2 Å². The monoisotopic (exact) mass is 340 g/mol. The Balaban J connectivity index is 1.70. The Hall–Kier alpha value is -2.63. The van der Waals surface area contributed by atoms with Crippen LogP contribution in [0.15, 0.2) is 36.7 Å². The molecule has 6 heteroatoms. The summed E-state index contributed by atoms with van der Waals surface area (Å²) in [5.41, 5.74) is 1.32. The fourth-order valence-electron chi connectivity index (χ4n) is 2.83. The number of benzene rings is 1. The quantitative estimate of drug-likeness (QED) is 0.900. The van der Waals surface area contributed by atoms with E-state index in [2.05, 4.69) is 15.3 Å². The van der Waals surface area contributed by atoms with E-state index in [0.717, 1.165) is 37.4 Å². The molecule has 1 saturated heterocycles. The molecule has 0 radical (unpaired) electrons. The van der Waals surface area contributed by atoms with Crippen molar-refractivity contribution in [1.82, 2.24) is 14.9 Å². The number of hydrogen-bond donors (Lipinski definition) is 1. The number of ether oxygens (including phenoxy) is 1. The fraction of sp³-hybridized carbons (Fsp3) is 0.421. The van der Waals surface area contributed by atoms with Gasteiger partial charge in [0.25, 0.3) is 5.91 Å². The van der Waals surface area contributed by atoms with E-state index >= 15 is 0 Å². The van der Waals surface area contributed by atoms with Crippen LogP contribution in [0.2, 0.25) is 0 Å². The maximum Gasteiger partial charge on any atom is 0.256 e. The van der Waals surface area contributed by atoms with Gasteiger partial charge in [0.05, 0.1) is 17.4 Å². The van der Waals surface area contributed by atoms with Gasteiger partial charge in [0.1, 0.15) is 5.75 Å². The van der Waals surface area contributed by atoms with Gasteiger partial charge in [0.2, 0.25) is 5.95 Å². The van der Waals surface area contributed by atoms with Gasteiger partial charge in [-0.3, -0.25) is 4.79 Å². The molecule has 0 atom stereocenters. The molecule has 1 aromatic heterocycles. The second-order valence-electron chi connectivity index (χ2n) is 6.44. The zero-order valence-corrected chi connectivity index (χ0v) is 14.7. The van der Waals surface area contributed by atoms with E-state index in [1.54, 1.807) is 12.4 Å². The Morgan fingerprint density at radius 1 is 1.12 bits per heavy atom. The molecule has 132 valence electrons. The molecular weight excluding hydrogens is 316 g/mol. The van der Waals surface area contributed by atoms with E-state index in [0.29, 0.717) is 11.5 Å². The average Bonchev–Trinajstić information content (AvgIpc) is 2.64. The summed E-state index contributed by atoms with van der Waals surface area (Å²) in [6, 6.07) is 7.65. The highest BCUT2D eigenvalue weighted by Crippen LogP contribution is 2.27. The van der Waals surface area contributed by atoms with Gasteiger partial charge in [-0.1, -0.05) is 12.1 Å². The van der Waals surface area contributed by atoms with E-state index in [-0.39, 0.29) is 12.0 Å². The minimum absolute atomic E-state index is 0.00907. The number of anilines is 2. The van der Waals surface area contributed by atoms with Crippen molar-refractivity contribution < 1.29 is 9.53 Å². The molecule has 3 rings (SSSR count). The van der Waals surface area contributed by atoms with E-state index in [9.17, 15) is 4.79 Å². The van der Waals surface area contributed by atoms with Crippen LogP contribution in [0.4, 0.5) is 11.6 Å². The zero-order chi connectivity index (χ0) is 17.6. The van der Waals surface area contributed by atoms with Gasteiger partial charge >= 0.3 is 0 Å². The first kappa shape index (κ1) is 17.2. The molecule has 1 amide bonds. The van der Waals surface area contributed by atoms with Gasteiger partial charge in [0, 0.05) is 25.5 Å². The molecule has 1 aliphatic heterocycles. The molecule has 0 bridgehead atoms. The first-order chi connectivity index (χ1) is 12.1. The summed E-state index contributed by atoms with van der Waals surface area (Å²) < 4.78 is 5.78. The highest BCUT2D eigenvalue weighted by molar-refractivity contribution is 5.93. The van der Waals surface area contributed by atoms with Crippen molar-refractivity contribution in [2.75, 3.05) is 18.4 Å². The maximum atomic E-state index is 12.5. The number of amides is 1. The normalized spacial score (nSPS) is 14.4. The van der Waals surface area contributed by atoms with Crippen LogP contribution in [0.5, 0.6) is 5.75 Å². The topological polar surface area (TPSA) is 67.3 Å². The van der Waals surface area contributed by atoms with E-state index < -0.39 is 0 Å². The van der Waals surface area contributed by atoms with Crippen molar-refractivity contribution >= 4 is 17.5 Å². The van der Waals surface area contributed by atoms with Gasteiger partial charge in [-0.05, 0) is 45.2 Å². The van der Waals surface area contributed by atoms with Crippen molar-refractivity contribution in [3.8, 4) is 5.75 Å². The summed E-state index contributed by atoms with van der Waals surface area (Å²) in [7, 11) is 0. The molecule has 25 heavy (non-hydrogen) atoms. The Bertz CT molecular complexity index is 710. The molecule has 0 unspecified atom stereocenters. The van der Waals surface area contributed by atoms with Crippen LogP contribution in [-0.2, 0) is 0 Å². The highest BCUT2D eigenvalue weighted by atomic mass is 16.5. The fourth-order valence-corrected chi connectivity index (χ4v) is 2.83. The molecule has 0 saturated carbocycles. The predicted octanol–water partition coefficient (Wildman–Crippen LogP) is 3.63. The second-order valence-corrected chi connectivity index (χ2v) is 6.44. The van der Waals surface area contributed by atoms with Gasteiger partial charge in [0.15, 0.2) is 0 Å². The van der Waals surface area contributed by atoms with Crippen LogP contribution < -0.4 is 10.1 Å². The molecule has 2 aromatic rings. The number of carbonyl (C=O) groups excluding carboxylic acids is 1. The number of hydrogen-bond acceptors (Lipinski definition) is 5. The smallest absolute Gasteiger partial charge is 0.256 e. The summed E-state index contributed by atoms with van der Waals surface area (Å²) in [6.07, 6.45) is 6.57. The van der Waals surface area contributed by atoms with Crippen molar-refractivity contribution in [3.05, 3.63) is 42.2 Å². The lowest BCUT2D eigenvalue weighted by molar-refractivity contribution is 0.0723. The molecule has 1 aliphatic rings. The summed E-state index contributed by atoms with van der Waals surface area (Å²) in [5, 5.41) is 3.15. The Kier molecular flexibility index (Phi) is 5.48. The molecule has 1 fully saturated rings. The third kappa shape index (κ3) is 4.47. The molecule has 0 spiro atoms. The second kappa shape index (κ2) is 7.96. The lowest BCUT2D eigenvalue weighted by atomic mass is 10.1. The summed E-state index contributed by atoms with van der Waals surface area (Å²) in [4.78, 5) is 22.9. The van der Waals surface area contributed by atoms with Crippen molar-refractivity contribution in [3.63, 3.8) is 0 Å². The van der Waals surface area contributed by atoms with Crippen molar-refractivity contribution in [2.24, 2.45) is 0 Å². The molecule has 6 nitrogen and oxygen atoms in total. The number of carbonyl (C=O) groups is 1. The number of nitrogens with zero attached hydrogens (tertiary/aromatic N) is 3. The Labute approximate surface area is 148 Å². The number of likely N-dealkylation sites (tertiary alicyclic amines) is 1. The minimum atomic E-state index is 0.00907. The minimum Gasteiger partial charge on any atom is -0.489 e. The lowest BCUT2D eigenvalue weighted by Crippen LogP contribution is -2.35. The number of para-hydroxylation sites is 2. The third-order valence-electron chi connectivity index (χ3n) is 4.04. The molecule has 2 heterocycles. The van der Waals surface area contributed by atoms with Crippen LogP contribution in [-0.4, -0.2) is 40.0 Å². The van der Waals surface area contributed by atoms with Gasteiger partial charge < -0.3 is 15.0 Å². The Morgan fingerprint density at radius 2 is 1.80 bits per heavy atom. The van der Waals surface area contributed by atoms with Crippen LogP contribution in [0.25, 0.3) is 0 Å². The predicted molar refractivity (Wildman–Crippen MR) is 97.3 cm³/mol. The van der Waals surface area contributed by atoms with Crippen LogP contribution in [0.1, 0.15) is 43.5 Å². The molecule has 1 aromatic carbocycles. The number of rotatable bonds is 5. The molecule has 0 aliphatic carbocycles. The van der Waals surface area contributed by atoms with Crippen LogP contribution >= 0.6 is 0 Å².